The van der Waals surface area contributed by atoms with Crippen LogP contribution in [0.25, 0.3) is 0 Å². The SMILES string of the molecule is CC1c2nc(C(=O)NCc3ccccn3)cn2CCN1Cc1ccsc1. The van der Waals surface area contributed by atoms with Crippen molar-refractivity contribution in [2.75, 3.05) is 6.54 Å². The second-order valence-corrected chi connectivity index (χ2v) is 7.24. The maximum Gasteiger partial charge on any atom is 0.271 e. The first-order valence-electron chi connectivity index (χ1n) is 8.71. The molecule has 0 aromatic carbocycles. The number of nitrogens with zero attached hydrogens (tertiary/aromatic N) is 4. The first-order chi connectivity index (χ1) is 12.7. The van der Waals surface area contributed by atoms with Gasteiger partial charge in [-0.25, -0.2) is 4.98 Å². The van der Waals surface area contributed by atoms with Crippen molar-refractivity contribution >= 4 is 17.2 Å². The van der Waals surface area contributed by atoms with E-state index in [1.807, 2.05) is 24.4 Å². The predicted molar refractivity (Wildman–Crippen MR) is 101 cm³/mol. The van der Waals surface area contributed by atoms with Crippen molar-refractivity contribution in [3.05, 3.63) is 70.2 Å². The number of carbonyl (C=O) groups excluding carboxylic acids is 1. The van der Waals surface area contributed by atoms with Gasteiger partial charge in [-0.2, -0.15) is 11.3 Å². The van der Waals surface area contributed by atoms with Crippen LogP contribution in [0.3, 0.4) is 0 Å². The van der Waals surface area contributed by atoms with E-state index in [2.05, 4.69) is 48.5 Å². The van der Waals surface area contributed by atoms with Crippen molar-refractivity contribution in [1.29, 1.82) is 0 Å². The van der Waals surface area contributed by atoms with Crippen LogP contribution in [-0.4, -0.2) is 31.9 Å². The Morgan fingerprint density at radius 2 is 2.27 bits per heavy atom. The number of amides is 1. The topological polar surface area (TPSA) is 63.1 Å². The van der Waals surface area contributed by atoms with E-state index in [1.54, 1.807) is 17.5 Å². The molecule has 0 fully saturated rings. The highest BCUT2D eigenvalue weighted by atomic mass is 32.1. The Kier molecular flexibility index (Phi) is 4.81. The van der Waals surface area contributed by atoms with Gasteiger partial charge >= 0.3 is 0 Å². The molecule has 4 rings (SSSR count). The standard InChI is InChI=1S/C19H21N5OS/c1-14-18-22-17(19(25)21-10-16-4-2-3-6-20-16)12-24(18)8-7-23(14)11-15-5-9-26-13-15/h2-6,9,12-14H,7-8,10-11H2,1H3,(H,21,25). The summed E-state index contributed by atoms with van der Waals surface area (Å²) < 4.78 is 2.10. The quantitative estimate of drug-likeness (QED) is 0.753. The molecule has 0 radical (unpaired) electrons. The van der Waals surface area contributed by atoms with E-state index in [-0.39, 0.29) is 11.9 Å². The lowest BCUT2D eigenvalue weighted by molar-refractivity contribution is 0.0945. The van der Waals surface area contributed by atoms with E-state index in [1.165, 1.54) is 5.56 Å². The van der Waals surface area contributed by atoms with E-state index in [0.29, 0.717) is 12.2 Å². The lowest BCUT2D eigenvalue weighted by Gasteiger charge is -2.33. The van der Waals surface area contributed by atoms with Crippen molar-refractivity contribution in [1.82, 2.24) is 24.8 Å². The van der Waals surface area contributed by atoms with E-state index >= 15 is 0 Å². The van der Waals surface area contributed by atoms with Gasteiger partial charge in [0.25, 0.3) is 5.91 Å². The van der Waals surface area contributed by atoms with Crippen LogP contribution in [0.4, 0.5) is 0 Å². The predicted octanol–water partition coefficient (Wildman–Crippen LogP) is 2.85. The lowest BCUT2D eigenvalue weighted by atomic mass is 10.2. The smallest absolute Gasteiger partial charge is 0.271 e. The number of carbonyl (C=O) groups is 1. The molecule has 0 bridgehead atoms. The summed E-state index contributed by atoms with van der Waals surface area (Å²) in [6, 6.07) is 8.00. The molecule has 0 aliphatic carbocycles. The van der Waals surface area contributed by atoms with Crippen molar-refractivity contribution in [2.45, 2.75) is 32.6 Å². The highest BCUT2D eigenvalue weighted by Gasteiger charge is 2.27. The van der Waals surface area contributed by atoms with Crippen LogP contribution < -0.4 is 5.32 Å². The highest BCUT2D eigenvalue weighted by Crippen LogP contribution is 2.26. The summed E-state index contributed by atoms with van der Waals surface area (Å²) in [6.07, 6.45) is 3.59. The number of pyridine rings is 1. The minimum absolute atomic E-state index is 0.158. The molecule has 3 aromatic rings. The molecule has 7 heteroatoms. The average Bonchev–Trinajstić information content (AvgIpc) is 3.33. The second-order valence-electron chi connectivity index (χ2n) is 6.46. The summed E-state index contributed by atoms with van der Waals surface area (Å²) in [4.78, 5) is 23.7. The van der Waals surface area contributed by atoms with Crippen molar-refractivity contribution < 1.29 is 4.79 Å². The number of rotatable bonds is 5. The van der Waals surface area contributed by atoms with E-state index in [4.69, 9.17) is 0 Å². The van der Waals surface area contributed by atoms with Gasteiger partial charge in [0.15, 0.2) is 0 Å². The van der Waals surface area contributed by atoms with E-state index in [0.717, 1.165) is 31.2 Å². The Labute approximate surface area is 156 Å². The fourth-order valence-corrected chi connectivity index (χ4v) is 3.90. The first kappa shape index (κ1) is 16.9. The van der Waals surface area contributed by atoms with Gasteiger partial charge in [0, 0.05) is 32.0 Å². The lowest BCUT2D eigenvalue weighted by Crippen LogP contribution is -2.36. The zero-order chi connectivity index (χ0) is 17.9. The van der Waals surface area contributed by atoms with Crippen molar-refractivity contribution in [2.24, 2.45) is 0 Å². The van der Waals surface area contributed by atoms with Crippen LogP contribution in [0.1, 0.15) is 40.5 Å². The largest absolute Gasteiger partial charge is 0.345 e. The Bertz CT molecular complexity index is 875. The molecule has 1 aliphatic rings. The van der Waals surface area contributed by atoms with Gasteiger partial charge in [-0.05, 0) is 41.4 Å². The molecular weight excluding hydrogens is 346 g/mol. The Morgan fingerprint density at radius 1 is 1.35 bits per heavy atom. The minimum atomic E-state index is -0.158. The van der Waals surface area contributed by atoms with Gasteiger partial charge in [0.05, 0.1) is 18.3 Å². The molecule has 1 atom stereocenters. The zero-order valence-corrected chi connectivity index (χ0v) is 15.4. The normalized spacial score (nSPS) is 17.0. The monoisotopic (exact) mass is 367 g/mol. The average molecular weight is 367 g/mol. The fourth-order valence-electron chi connectivity index (χ4n) is 3.24. The fraction of sp³-hybridized carbons (Fsp3) is 0.316. The summed E-state index contributed by atoms with van der Waals surface area (Å²) in [6.45, 7) is 5.28. The van der Waals surface area contributed by atoms with Crippen LogP contribution in [0.15, 0.2) is 47.4 Å². The molecule has 1 amide bonds. The number of imidazole rings is 1. The molecule has 0 saturated heterocycles. The first-order valence-corrected chi connectivity index (χ1v) is 9.65. The zero-order valence-electron chi connectivity index (χ0n) is 14.6. The van der Waals surface area contributed by atoms with Gasteiger partial charge in [0.2, 0.25) is 0 Å². The molecular formula is C19H21N5OS. The molecule has 1 N–H and O–H groups in total. The summed E-state index contributed by atoms with van der Waals surface area (Å²) in [7, 11) is 0. The summed E-state index contributed by atoms with van der Waals surface area (Å²) in [5, 5.41) is 7.19. The van der Waals surface area contributed by atoms with Crippen LogP contribution in [-0.2, 0) is 19.6 Å². The number of thiophene rings is 1. The Hall–Kier alpha value is -2.51. The molecule has 26 heavy (non-hydrogen) atoms. The molecule has 0 saturated carbocycles. The van der Waals surface area contributed by atoms with Gasteiger partial charge in [-0.15, -0.1) is 0 Å². The third-order valence-electron chi connectivity index (χ3n) is 4.71. The third kappa shape index (κ3) is 3.54. The number of hydrogen-bond donors (Lipinski definition) is 1. The van der Waals surface area contributed by atoms with Crippen LogP contribution in [0.2, 0.25) is 0 Å². The number of hydrogen-bond acceptors (Lipinski definition) is 5. The Morgan fingerprint density at radius 3 is 3.04 bits per heavy atom. The van der Waals surface area contributed by atoms with Crippen LogP contribution in [0, 0.1) is 0 Å². The van der Waals surface area contributed by atoms with Gasteiger partial charge in [-0.1, -0.05) is 6.07 Å². The molecule has 1 aliphatic heterocycles. The van der Waals surface area contributed by atoms with Crippen molar-refractivity contribution in [3.63, 3.8) is 0 Å². The maximum absolute atomic E-state index is 12.5. The Balaban J connectivity index is 1.43. The third-order valence-corrected chi connectivity index (χ3v) is 5.44. The van der Waals surface area contributed by atoms with Gasteiger partial charge in [0.1, 0.15) is 11.5 Å². The van der Waals surface area contributed by atoms with Crippen LogP contribution in [0.5, 0.6) is 0 Å². The number of aromatic nitrogens is 3. The summed E-state index contributed by atoms with van der Waals surface area (Å²) in [5.74, 6) is 0.795. The van der Waals surface area contributed by atoms with Crippen LogP contribution >= 0.6 is 11.3 Å². The molecule has 134 valence electrons. The molecule has 1 unspecified atom stereocenters. The number of nitrogens with one attached hydrogen (secondary N) is 1. The highest BCUT2D eigenvalue weighted by molar-refractivity contribution is 7.07. The molecule has 4 heterocycles. The number of fused-ring (bicyclic) bond motifs is 1. The summed E-state index contributed by atoms with van der Waals surface area (Å²) >= 11 is 1.72. The van der Waals surface area contributed by atoms with Gasteiger partial charge in [-0.3, -0.25) is 14.7 Å². The molecule has 6 nitrogen and oxygen atoms in total. The van der Waals surface area contributed by atoms with Crippen molar-refractivity contribution in [3.8, 4) is 0 Å². The van der Waals surface area contributed by atoms with Gasteiger partial charge < -0.3 is 9.88 Å². The second kappa shape index (κ2) is 7.39. The summed E-state index contributed by atoms with van der Waals surface area (Å²) in [5.41, 5.74) is 2.63. The van der Waals surface area contributed by atoms with E-state index < -0.39 is 0 Å². The van der Waals surface area contributed by atoms with E-state index in [9.17, 15) is 4.79 Å². The molecule has 3 aromatic heterocycles. The maximum atomic E-state index is 12.5. The molecule has 0 spiro atoms. The minimum Gasteiger partial charge on any atom is -0.345 e.